The largest absolute Gasteiger partial charge is 0.476 e. The summed E-state index contributed by atoms with van der Waals surface area (Å²) in [6.45, 7) is 12.5. The van der Waals surface area contributed by atoms with Crippen LogP contribution in [0, 0.1) is 11.3 Å². The molecule has 3 N–H and O–H groups in total. The first-order valence-corrected chi connectivity index (χ1v) is 13.1. The van der Waals surface area contributed by atoms with E-state index in [1.165, 1.54) is 6.33 Å². The molecule has 0 spiro atoms. The number of carbonyl (C=O) groups is 1. The van der Waals surface area contributed by atoms with Gasteiger partial charge in [-0.3, -0.25) is 4.90 Å². The van der Waals surface area contributed by atoms with Crippen molar-refractivity contribution in [2.24, 2.45) is 0 Å². The maximum atomic E-state index is 11.7. The van der Waals surface area contributed by atoms with Crippen LogP contribution in [0.5, 0.6) is 5.88 Å². The highest BCUT2D eigenvalue weighted by atomic mass is 28.3. The van der Waals surface area contributed by atoms with Crippen LogP contribution in [0.1, 0.15) is 20.8 Å². The number of aromatic nitrogens is 4. The monoisotopic (exact) mass is 419 g/mol. The van der Waals surface area contributed by atoms with Crippen molar-refractivity contribution in [3.05, 3.63) is 6.33 Å². The van der Waals surface area contributed by atoms with E-state index in [0.717, 1.165) is 10.9 Å². The Morgan fingerprint density at radius 2 is 2.07 bits per heavy atom. The maximum Gasteiger partial charge on any atom is 0.408 e. The number of imidazole rings is 1. The van der Waals surface area contributed by atoms with E-state index in [9.17, 15) is 15.2 Å². The summed E-state index contributed by atoms with van der Waals surface area (Å²) in [4.78, 5) is 25.6. The highest BCUT2D eigenvalue weighted by Gasteiger charge is 2.34. The quantitative estimate of drug-likeness (QED) is 0.652. The lowest BCUT2D eigenvalue weighted by atomic mass is 10.0. The molecule has 0 saturated carbocycles. The fraction of sp³-hybridized carbons (Fsp3) is 0.611. The summed E-state index contributed by atoms with van der Waals surface area (Å²) in [5.74, 6) is 0.325. The summed E-state index contributed by atoms with van der Waals surface area (Å²) in [7, 11) is -1.28. The zero-order valence-electron chi connectivity index (χ0n) is 17.8. The second-order valence-corrected chi connectivity index (χ2v) is 14.7. The van der Waals surface area contributed by atoms with Crippen molar-refractivity contribution in [2.75, 3.05) is 12.3 Å². The molecule has 0 aliphatic carbocycles. The zero-order valence-corrected chi connectivity index (χ0v) is 18.8. The molecule has 0 saturated heterocycles. The van der Waals surface area contributed by atoms with Crippen LogP contribution in [0.3, 0.4) is 0 Å². The Kier molecular flexibility index (Phi) is 6.37. The number of nitrogen functional groups attached to an aromatic ring is 1. The molecule has 11 heteroatoms. The van der Waals surface area contributed by atoms with E-state index in [1.54, 1.807) is 25.3 Å². The van der Waals surface area contributed by atoms with Crippen LogP contribution >= 0.6 is 0 Å². The van der Waals surface area contributed by atoms with E-state index in [4.69, 9.17) is 10.5 Å². The summed E-state index contributed by atoms with van der Waals surface area (Å²) >= 11 is 0. The van der Waals surface area contributed by atoms with E-state index in [1.807, 2.05) is 0 Å². The van der Waals surface area contributed by atoms with E-state index in [0.29, 0.717) is 23.7 Å². The molecule has 2 aromatic rings. The SMILES string of the molecule is CC(C)(C)N(C(=O)O)C(C#N)Cn1cnc2c(OCC[Si](C)(C)C)nc(N)nc21. The number of fused-ring (bicyclic) bond motifs is 1. The lowest BCUT2D eigenvalue weighted by Gasteiger charge is -2.36. The van der Waals surface area contributed by atoms with Gasteiger partial charge in [-0.25, -0.2) is 9.78 Å². The van der Waals surface area contributed by atoms with Gasteiger partial charge in [0.2, 0.25) is 11.8 Å². The second-order valence-electron chi connectivity index (χ2n) is 9.08. The van der Waals surface area contributed by atoms with Crippen LogP contribution in [0.25, 0.3) is 11.2 Å². The molecular formula is C18H29N7O3Si. The molecule has 0 aromatic carbocycles. The number of anilines is 1. The lowest BCUT2D eigenvalue weighted by molar-refractivity contribution is 0.0806. The van der Waals surface area contributed by atoms with Crippen molar-refractivity contribution < 1.29 is 14.6 Å². The van der Waals surface area contributed by atoms with Gasteiger partial charge < -0.3 is 20.1 Å². The van der Waals surface area contributed by atoms with Gasteiger partial charge in [0.1, 0.15) is 6.04 Å². The minimum atomic E-state index is -1.28. The summed E-state index contributed by atoms with van der Waals surface area (Å²) in [6.07, 6.45) is 0.329. The highest BCUT2D eigenvalue weighted by molar-refractivity contribution is 6.76. The van der Waals surface area contributed by atoms with Crippen molar-refractivity contribution in [3.63, 3.8) is 0 Å². The van der Waals surface area contributed by atoms with Gasteiger partial charge >= 0.3 is 6.09 Å². The molecule has 1 amide bonds. The Hall–Kier alpha value is -2.87. The van der Waals surface area contributed by atoms with Gasteiger partial charge in [-0.15, -0.1) is 0 Å². The van der Waals surface area contributed by atoms with E-state index < -0.39 is 25.7 Å². The average molecular weight is 420 g/mol. The second kappa shape index (κ2) is 8.24. The standard InChI is InChI=1S/C18H29N7O3Si/c1-18(2,3)25(17(26)27)12(9-19)10-24-11-21-13-14(24)22-16(20)23-15(13)28-7-8-29(4,5)6/h11-12H,7-8,10H2,1-6H3,(H,26,27)(H2,20,22,23). The van der Waals surface area contributed by atoms with Crippen molar-refractivity contribution in [1.29, 1.82) is 5.26 Å². The molecule has 0 aliphatic rings. The number of nitriles is 1. The molecule has 1 unspecified atom stereocenters. The third kappa shape index (κ3) is 5.57. The maximum absolute atomic E-state index is 11.7. The van der Waals surface area contributed by atoms with Crippen LogP contribution < -0.4 is 10.5 Å². The van der Waals surface area contributed by atoms with Gasteiger partial charge in [0.05, 0.1) is 25.5 Å². The third-order valence-electron chi connectivity index (χ3n) is 4.30. The first-order chi connectivity index (χ1) is 13.3. The summed E-state index contributed by atoms with van der Waals surface area (Å²) < 4.78 is 7.42. The average Bonchev–Trinajstić information content (AvgIpc) is 2.94. The van der Waals surface area contributed by atoms with Crippen LogP contribution in [0.15, 0.2) is 6.33 Å². The van der Waals surface area contributed by atoms with Gasteiger partial charge in [-0.05, 0) is 26.8 Å². The molecule has 2 heterocycles. The minimum absolute atomic E-state index is 0.0293. The van der Waals surface area contributed by atoms with E-state index in [2.05, 4.69) is 40.7 Å². The predicted octanol–water partition coefficient (Wildman–Crippen LogP) is 2.80. The van der Waals surface area contributed by atoms with Crippen molar-refractivity contribution in [1.82, 2.24) is 24.4 Å². The van der Waals surface area contributed by atoms with E-state index >= 15 is 0 Å². The Morgan fingerprint density at radius 3 is 2.59 bits per heavy atom. The molecule has 2 aromatic heterocycles. The number of carboxylic acid groups (broad SMARTS) is 1. The summed E-state index contributed by atoms with van der Waals surface area (Å²) in [5, 5.41) is 19.2. The molecule has 0 fully saturated rings. The first kappa shape index (κ1) is 22.4. The first-order valence-electron chi connectivity index (χ1n) is 9.36. The summed E-state index contributed by atoms with van der Waals surface area (Å²) in [6, 6.07) is 2.09. The van der Waals surface area contributed by atoms with Crippen molar-refractivity contribution >= 4 is 31.3 Å². The number of nitrogens with two attached hydrogens (primary N) is 1. The zero-order chi connectivity index (χ0) is 22.0. The number of rotatable bonds is 7. The Balaban J connectivity index is 2.35. The molecule has 158 valence electrons. The van der Waals surface area contributed by atoms with Crippen LogP contribution in [0.2, 0.25) is 25.7 Å². The number of hydrogen-bond donors (Lipinski definition) is 2. The number of amides is 1. The normalized spacial score (nSPS) is 13.1. The topological polar surface area (TPSA) is 143 Å². The molecule has 10 nitrogen and oxygen atoms in total. The molecule has 29 heavy (non-hydrogen) atoms. The molecule has 0 radical (unpaired) electrons. The van der Waals surface area contributed by atoms with Gasteiger partial charge in [0.15, 0.2) is 11.2 Å². The van der Waals surface area contributed by atoms with Crippen molar-refractivity contribution in [3.8, 4) is 11.9 Å². The predicted molar refractivity (Wildman–Crippen MR) is 112 cm³/mol. The Morgan fingerprint density at radius 1 is 1.41 bits per heavy atom. The molecule has 2 rings (SSSR count). The van der Waals surface area contributed by atoms with Crippen LogP contribution in [-0.4, -0.2) is 61.9 Å². The third-order valence-corrected chi connectivity index (χ3v) is 6.00. The molecular weight excluding hydrogens is 390 g/mol. The fourth-order valence-electron chi connectivity index (χ4n) is 2.88. The Bertz CT molecular complexity index is 924. The highest BCUT2D eigenvalue weighted by Crippen LogP contribution is 2.24. The molecule has 0 aliphatic heterocycles. The number of hydrogen-bond acceptors (Lipinski definition) is 7. The van der Waals surface area contributed by atoms with Crippen LogP contribution in [0.4, 0.5) is 10.7 Å². The van der Waals surface area contributed by atoms with Gasteiger partial charge in [0, 0.05) is 13.6 Å². The Labute approximate surface area is 171 Å². The number of ether oxygens (including phenoxy) is 1. The molecule has 1 atom stereocenters. The van der Waals surface area contributed by atoms with Gasteiger partial charge in [-0.2, -0.15) is 15.2 Å². The number of nitrogens with zero attached hydrogens (tertiary/aromatic N) is 6. The fourth-order valence-corrected chi connectivity index (χ4v) is 3.59. The molecule has 0 bridgehead atoms. The van der Waals surface area contributed by atoms with E-state index in [-0.39, 0.29) is 12.5 Å². The minimum Gasteiger partial charge on any atom is -0.476 e. The van der Waals surface area contributed by atoms with Crippen molar-refractivity contribution in [2.45, 2.75) is 64.6 Å². The van der Waals surface area contributed by atoms with Gasteiger partial charge in [0.25, 0.3) is 0 Å². The van der Waals surface area contributed by atoms with Crippen LogP contribution in [-0.2, 0) is 6.54 Å². The smallest absolute Gasteiger partial charge is 0.408 e. The summed E-state index contributed by atoms with van der Waals surface area (Å²) in [5.41, 5.74) is 5.94. The van der Waals surface area contributed by atoms with Gasteiger partial charge in [-0.1, -0.05) is 19.6 Å². The lowest BCUT2D eigenvalue weighted by Crippen LogP contribution is -2.52.